The molecule has 0 amide bonds. The van der Waals surface area contributed by atoms with E-state index in [9.17, 15) is 14.3 Å². The van der Waals surface area contributed by atoms with E-state index in [2.05, 4.69) is 25.1 Å². The molecular formula is C40H43FIrNO3-. The number of rotatable bonds is 8. The minimum Gasteiger partial charge on any atom is -0.512 e. The third-order valence-corrected chi connectivity index (χ3v) is 10.1. The topological polar surface area (TPSA) is 63.3 Å². The SMILES string of the molecule is CCC(C)(CC)C(=O)/C=C(\O)C(C)(CC)CC.Cc1[c-]c(-c2ncc3oc4cc5cccc(F)c5c5ccc2c3c45)cc(C)c1.[Ir]. The molecule has 0 saturated carbocycles. The van der Waals surface area contributed by atoms with E-state index in [1.165, 1.54) is 17.7 Å². The average molecular weight is 797 g/mol. The molecule has 6 aromatic rings. The minimum atomic E-state index is -0.337. The molecule has 0 aliphatic carbocycles. The van der Waals surface area contributed by atoms with Crippen LogP contribution in [0.2, 0.25) is 0 Å². The Morgan fingerprint density at radius 2 is 1.52 bits per heavy atom. The molecule has 0 bridgehead atoms. The zero-order valence-corrected chi connectivity index (χ0v) is 30.4. The normalized spacial score (nSPS) is 12.5. The second kappa shape index (κ2) is 13.6. The molecule has 4 nitrogen and oxygen atoms in total. The summed E-state index contributed by atoms with van der Waals surface area (Å²) < 4.78 is 20.7. The van der Waals surface area contributed by atoms with Gasteiger partial charge in [-0.25, -0.2) is 4.39 Å². The maximum absolute atomic E-state index is 14.6. The van der Waals surface area contributed by atoms with Gasteiger partial charge in [-0.15, -0.1) is 34.9 Å². The number of hydrogen-bond donors (Lipinski definition) is 1. The fourth-order valence-electron chi connectivity index (χ4n) is 6.13. The van der Waals surface area contributed by atoms with Crippen molar-refractivity contribution in [2.75, 3.05) is 0 Å². The van der Waals surface area contributed by atoms with Gasteiger partial charge in [-0.3, -0.25) is 4.79 Å². The van der Waals surface area contributed by atoms with Crippen LogP contribution in [0.3, 0.4) is 0 Å². The number of allylic oxidation sites excluding steroid dienone is 2. The van der Waals surface area contributed by atoms with Crippen molar-refractivity contribution in [1.29, 1.82) is 0 Å². The first kappa shape index (κ1) is 35.3. The van der Waals surface area contributed by atoms with E-state index in [0.29, 0.717) is 5.39 Å². The first-order valence-corrected chi connectivity index (χ1v) is 16.0. The molecule has 1 radical (unpaired) electrons. The summed E-state index contributed by atoms with van der Waals surface area (Å²) in [6.07, 6.45) is 6.52. The van der Waals surface area contributed by atoms with E-state index < -0.39 is 0 Å². The van der Waals surface area contributed by atoms with Crippen molar-refractivity contribution in [2.45, 2.75) is 81.1 Å². The number of hydrogen-bond acceptors (Lipinski definition) is 4. The number of aliphatic hydroxyl groups excluding tert-OH is 1. The van der Waals surface area contributed by atoms with E-state index in [1.54, 1.807) is 12.3 Å². The number of benzene rings is 4. The van der Waals surface area contributed by atoms with Gasteiger partial charge in [0.2, 0.25) is 0 Å². The predicted molar refractivity (Wildman–Crippen MR) is 185 cm³/mol. The van der Waals surface area contributed by atoms with E-state index in [0.717, 1.165) is 80.6 Å². The van der Waals surface area contributed by atoms with Gasteiger partial charge in [-0.2, -0.15) is 0 Å². The van der Waals surface area contributed by atoms with Crippen molar-refractivity contribution in [1.82, 2.24) is 4.98 Å². The number of aromatic nitrogens is 1. The molecule has 0 fully saturated rings. The summed E-state index contributed by atoms with van der Waals surface area (Å²) >= 11 is 0. The van der Waals surface area contributed by atoms with Crippen LogP contribution in [0.1, 0.15) is 78.4 Å². The number of halogens is 1. The van der Waals surface area contributed by atoms with E-state index in [4.69, 9.17) is 9.40 Å². The Morgan fingerprint density at radius 1 is 0.891 bits per heavy atom. The number of aryl methyl sites for hydroxylation is 2. The Balaban J connectivity index is 0.000000234. The van der Waals surface area contributed by atoms with Crippen LogP contribution in [0.4, 0.5) is 4.39 Å². The maximum atomic E-state index is 14.6. The van der Waals surface area contributed by atoms with E-state index in [-0.39, 0.29) is 48.3 Å². The first-order valence-electron chi connectivity index (χ1n) is 16.0. The number of aliphatic hydroxyl groups is 1. The summed E-state index contributed by atoms with van der Waals surface area (Å²) in [7, 11) is 0. The smallest absolute Gasteiger partial charge is 0.164 e. The molecule has 0 atom stereocenters. The molecule has 0 aliphatic rings. The number of fused-ring (bicyclic) bond motifs is 2. The predicted octanol–water partition coefficient (Wildman–Crippen LogP) is 11.6. The standard InChI is InChI=1S/C25H15FNO.C15H28O2.Ir/c1-13-8-14(2)10-16(9-13)25-18-7-6-17-22-15(4-3-5-19(22)26)11-20-23(17)24(18)21(28-20)12-27-25;1-7-14(5,8-2)12(16)11-13(17)15(6,9-3)10-4;/h3-9,11-12H,1-2H3;11,16H,7-10H2,1-6H3;/q-1;;/b;12-11-;. The Morgan fingerprint density at radius 3 is 2.15 bits per heavy atom. The number of carbonyl (C=O) groups excluding carboxylic acids is 1. The number of furan rings is 1. The molecule has 2 heterocycles. The molecule has 6 rings (SSSR count). The molecule has 0 aliphatic heterocycles. The average Bonchev–Trinajstić information content (AvgIpc) is 3.41. The van der Waals surface area contributed by atoms with Crippen LogP contribution in [-0.2, 0) is 24.9 Å². The van der Waals surface area contributed by atoms with Crippen LogP contribution in [0.15, 0.2) is 71.0 Å². The molecule has 46 heavy (non-hydrogen) atoms. The maximum Gasteiger partial charge on any atom is 0.164 e. The van der Waals surface area contributed by atoms with Crippen molar-refractivity contribution >= 4 is 49.3 Å². The zero-order chi connectivity index (χ0) is 32.7. The quantitative estimate of drug-likeness (QED) is 0.0721. The van der Waals surface area contributed by atoms with Gasteiger partial charge in [0.15, 0.2) is 11.4 Å². The van der Waals surface area contributed by atoms with E-state index in [1.807, 2.05) is 72.7 Å². The molecule has 2 aromatic heterocycles. The third kappa shape index (κ3) is 6.22. The fraction of sp³-hybridized carbons (Fsp3) is 0.350. The molecule has 0 unspecified atom stereocenters. The molecule has 4 aromatic carbocycles. The van der Waals surface area contributed by atoms with Crippen molar-refractivity contribution < 1.29 is 38.8 Å². The van der Waals surface area contributed by atoms with Gasteiger partial charge in [0.1, 0.15) is 17.2 Å². The summed E-state index contributed by atoms with van der Waals surface area (Å²) in [5, 5.41) is 15.4. The van der Waals surface area contributed by atoms with Gasteiger partial charge in [-0.1, -0.05) is 79.7 Å². The minimum absolute atomic E-state index is 0. The van der Waals surface area contributed by atoms with Gasteiger partial charge in [0, 0.05) is 53.2 Å². The Kier molecular flexibility index (Phi) is 10.4. The van der Waals surface area contributed by atoms with Gasteiger partial charge in [0.05, 0.1) is 6.20 Å². The van der Waals surface area contributed by atoms with Gasteiger partial charge >= 0.3 is 0 Å². The number of pyridine rings is 1. The molecule has 243 valence electrons. The van der Waals surface area contributed by atoms with Crippen LogP contribution in [0, 0.1) is 36.6 Å². The summed E-state index contributed by atoms with van der Waals surface area (Å²) in [6.45, 7) is 16.2. The zero-order valence-electron chi connectivity index (χ0n) is 28.0. The second-order valence-electron chi connectivity index (χ2n) is 12.9. The van der Waals surface area contributed by atoms with Crippen LogP contribution >= 0.6 is 0 Å². The number of ketones is 1. The third-order valence-electron chi connectivity index (χ3n) is 10.1. The molecule has 0 saturated heterocycles. The molecule has 0 spiro atoms. The van der Waals surface area contributed by atoms with Crippen LogP contribution in [-0.4, -0.2) is 15.9 Å². The van der Waals surface area contributed by atoms with Gasteiger partial charge in [0.25, 0.3) is 0 Å². The fourth-order valence-corrected chi connectivity index (χ4v) is 6.13. The van der Waals surface area contributed by atoms with Crippen molar-refractivity contribution in [2.24, 2.45) is 10.8 Å². The van der Waals surface area contributed by atoms with Crippen LogP contribution in [0.5, 0.6) is 0 Å². The summed E-state index contributed by atoms with van der Waals surface area (Å²) in [6, 6.07) is 18.7. The van der Waals surface area contributed by atoms with Gasteiger partial charge in [-0.05, 0) is 59.7 Å². The summed E-state index contributed by atoms with van der Waals surface area (Å²) in [5.41, 5.74) is 4.97. The summed E-state index contributed by atoms with van der Waals surface area (Å²) in [5.74, 6) is 0.0718. The first-order chi connectivity index (χ1) is 21.4. The number of carbonyl (C=O) groups is 1. The number of nitrogens with zero attached hydrogens (tertiary/aromatic N) is 1. The largest absolute Gasteiger partial charge is 0.512 e. The molecule has 6 heteroatoms. The van der Waals surface area contributed by atoms with Crippen LogP contribution < -0.4 is 0 Å². The Bertz CT molecular complexity index is 2030. The van der Waals surface area contributed by atoms with Crippen molar-refractivity contribution in [3.63, 3.8) is 0 Å². The Labute approximate surface area is 284 Å². The van der Waals surface area contributed by atoms with Gasteiger partial charge < -0.3 is 14.5 Å². The van der Waals surface area contributed by atoms with Crippen molar-refractivity contribution in [3.05, 3.63) is 89.6 Å². The summed E-state index contributed by atoms with van der Waals surface area (Å²) in [4.78, 5) is 16.9. The van der Waals surface area contributed by atoms with E-state index >= 15 is 0 Å². The monoisotopic (exact) mass is 797 g/mol. The van der Waals surface area contributed by atoms with Crippen molar-refractivity contribution in [3.8, 4) is 11.3 Å². The second-order valence-corrected chi connectivity index (χ2v) is 12.9. The Hall–Kier alpha value is -3.60. The van der Waals surface area contributed by atoms with Crippen LogP contribution in [0.25, 0.3) is 54.7 Å². The molecular weight excluding hydrogens is 754 g/mol. The molecule has 1 N–H and O–H groups in total.